The number of rotatable bonds is 7. The molecule has 22 heavy (non-hydrogen) atoms. The van der Waals surface area contributed by atoms with Gasteiger partial charge >= 0.3 is 6.03 Å². The molecule has 3 N–H and O–H groups in total. The lowest BCUT2D eigenvalue weighted by atomic mass is 10.00. The number of methoxy groups -OCH3 is 1. The van der Waals surface area contributed by atoms with E-state index in [1.54, 1.807) is 7.11 Å². The zero-order chi connectivity index (χ0) is 16.8. The molecule has 6 heteroatoms. The predicted octanol–water partition coefficient (Wildman–Crippen LogP) is 2.36. The van der Waals surface area contributed by atoms with Gasteiger partial charge in [0.15, 0.2) is 0 Å². The summed E-state index contributed by atoms with van der Waals surface area (Å²) < 4.78 is 18.1. The average molecular weight is 312 g/mol. The Morgan fingerprint density at radius 3 is 2.50 bits per heavy atom. The van der Waals surface area contributed by atoms with Crippen molar-refractivity contribution in [3.63, 3.8) is 0 Å². The van der Waals surface area contributed by atoms with Crippen molar-refractivity contribution in [1.29, 1.82) is 0 Å². The van der Waals surface area contributed by atoms with Crippen LogP contribution in [-0.2, 0) is 4.74 Å². The minimum absolute atomic E-state index is 0.0534. The smallest absolute Gasteiger partial charge is 0.315 e. The average Bonchev–Trinajstić information content (AvgIpc) is 2.44. The normalized spacial score (nSPS) is 14.3. The molecule has 2 amide bonds. The molecule has 0 radical (unpaired) electrons. The fourth-order valence-electron chi connectivity index (χ4n) is 2.14. The number of aliphatic hydroxyl groups is 1. The van der Waals surface area contributed by atoms with E-state index in [1.165, 1.54) is 24.3 Å². The van der Waals surface area contributed by atoms with Crippen molar-refractivity contribution in [2.45, 2.75) is 44.9 Å². The summed E-state index contributed by atoms with van der Waals surface area (Å²) in [6, 6.07) is 5.09. The summed E-state index contributed by atoms with van der Waals surface area (Å²) in [7, 11) is 1.63. The van der Waals surface area contributed by atoms with E-state index in [9.17, 15) is 14.3 Å². The van der Waals surface area contributed by atoms with Gasteiger partial charge in [0.25, 0.3) is 0 Å². The second-order valence-corrected chi connectivity index (χ2v) is 5.99. The molecule has 1 rings (SSSR count). The van der Waals surface area contributed by atoms with Gasteiger partial charge in [-0.25, -0.2) is 9.18 Å². The molecule has 0 saturated heterocycles. The van der Waals surface area contributed by atoms with Crippen LogP contribution in [0.15, 0.2) is 24.3 Å². The molecule has 0 aromatic heterocycles. The van der Waals surface area contributed by atoms with Gasteiger partial charge < -0.3 is 20.5 Å². The Morgan fingerprint density at radius 1 is 1.36 bits per heavy atom. The van der Waals surface area contributed by atoms with Gasteiger partial charge in [0.05, 0.1) is 11.7 Å². The molecular formula is C16H25FN2O3. The number of hydrogen-bond acceptors (Lipinski definition) is 3. The summed E-state index contributed by atoms with van der Waals surface area (Å²) in [6.07, 6.45) is -0.214. The summed E-state index contributed by atoms with van der Waals surface area (Å²) in [5.74, 6) is -0.365. The van der Waals surface area contributed by atoms with Crippen molar-refractivity contribution in [3.05, 3.63) is 35.6 Å². The fourth-order valence-corrected chi connectivity index (χ4v) is 2.14. The van der Waals surface area contributed by atoms with E-state index in [4.69, 9.17) is 4.74 Å². The molecule has 0 heterocycles. The van der Waals surface area contributed by atoms with Crippen molar-refractivity contribution < 1.29 is 19.0 Å². The van der Waals surface area contributed by atoms with Crippen molar-refractivity contribution in [2.75, 3.05) is 13.7 Å². The van der Waals surface area contributed by atoms with Gasteiger partial charge in [-0.1, -0.05) is 12.1 Å². The molecule has 2 unspecified atom stereocenters. The highest BCUT2D eigenvalue weighted by Gasteiger charge is 2.21. The lowest BCUT2D eigenvalue weighted by Crippen LogP contribution is -2.44. The number of benzene rings is 1. The number of carbonyl (C=O) groups excluding carboxylic acids is 1. The van der Waals surface area contributed by atoms with E-state index in [0.29, 0.717) is 12.0 Å². The van der Waals surface area contributed by atoms with Crippen LogP contribution in [0.3, 0.4) is 0 Å². The number of ether oxygens (including phenoxy) is 1. The molecule has 1 aromatic carbocycles. The summed E-state index contributed by atoms with van der Waals surface area (Å²) in [5.41, 5.74) is 0.232. The SMILES string of the molecule is COC(C)(C)CC(C)NC(=O)NCC(O)c1ccc(F)cc1. The Morgan fingerprint density at radius 2 is 1.95 bits per heavy atom. The molecule has 0 spiro atoms. The lowest BCUT2D eigenvalue weighted by molar-refractivity contribution is 0.00947. The van der Waals surface area contributed by atoms with Crippen molar-refractivity contribution in [1.82, 2.24) is 10.6 Å². The summed E-state index contributed by atoms with van der Waals surface area (Å²) in [4.78, 5) is 11.8. The van der Waals surface area contributed by atoms with Crippen molar-refractivity contribution in [3.8, 4) is 0 Å². The molecule has 5 nitrogen and oxygen atoms in total. The van der Waals surface area contributed by atoms with Crippen molar-refractivity contribution in [2.24, 2.45) is 0 Å². The molecule has 2 atom stereocenters. The maximum atomic E-state index is 12.8. The Balaban J connectivity index is 2.38. The highest BCUT2D eigenvalue weighted by atomic mass is 19.1. The van der Waals surface area contributed by atoms with Crippen LogP contribution in [0.5, 0.6) is 0 Å². The first kappa shape index (κ1) is 18.4. The van der Waals surface area contributed by atoms with Gasteiger partial charge in [-0.2, -0.15) is 0 Å². The van der Waals surface area contributed by atoms with Crippen LogP contribution in [0, 0.1) is 5.82 Å². The predicted molar refractivity (Wildman–Crippen MR) is 83.1 cm³/mol. The number of urea groups is 1. The summed E-state index contributed by atoms with van der Waals surface area (Å²) in [5, 5.41) is 15.3. The molecule has 1 aromatic rings. The zero-order valence-corrected chi connectivity index (χ0v) is 13.5. The second kappa shape index (κ2) is 8.10. The molecule has 0 aliphatic heterocycles. The third-order valence-electron chi connectivity index (χ3n) is 3.44. The zero-order valence-electron chi connectivity index (χ0n) is 13.5. The van der Waals surface area contributed by atoms with Crippen LogP contribution in [0.1, 0.15) is 38.9 Å². The Kier molecular flexibility index (Phi) is 6.77. The van der Waals surface area contributed by atoms with Gasteiger partial charge in [-0.3, -0.25) is 0 Å². The standard InChI is InChI=1S/C16H25FN2O3/c1-11(9-16(2,3)22-4)19-15(21)18-10-14(20)12-5-7-13(17)8-6-12/h5-8,11,14,20H,9-10H2,1-4H3,(H2,18,19,21). The van der Waals surface area contributed by atoms with Crippen LogP contribution in [-0.4, -0.2) is 36.4 Å². The van der Waals surface area contributed by atoms with Crippen LogP contribution in [0.25, 0.3) is 0 Å². The Hall–Kier alpha value is -1.66. The Labute approximate surface area is 130 Å². The lowest BCUT2D eigenvalue weighted by Gasteiger charge is -2.27. The van der Waals surface area contributed by atoms with E-state index in [2.05, 4.69) is 10.6 Å². The first-order valence-electron chi connectivity index (χ1n) is 7.26. The van der Waals surface area contributed by atoms with Gasteiger partial charge in [0.2, 0.25) is 0 Å². The number of nitrogens with one attached hydrogen (secondary N) is 2. The van der Waals surface area contributed by atoms with Gasteiger partial charge in [0, 0.05) is 19.7 Å². The van der Waals surface area contributed by atoms with Crippen molar-refractivity contribution >= 4 is 6.03 Å². The topological polar surface area (TPSA) is 70.6 Å². The quantitative estimate of drug-likeness (QED) is 0.724. The van der Waals surface area contributed by atoms with E-state index >= 15 is 0 Å². The minimum atomic E-state index is -0.878. The van der Waals surface area contributed by atoms with Crippen LogP contribution < -0.4 is 10.6 Å². The maximum absolute atomic E-state index is 12.8. The number of carbonyl (C=O) groups is 1. The number of aliphatic hydroxyl groups excluding tert-OH is 1. The molecular weight excluding hydrogens is 287 g/mol. The van der Waals surface area contributed by atoms with E-state index in [-0.39, 0.29) is 30.0 Å². The number of hydrogen-bond donors (Lipinski definition) is 3. The second-order valence-electron chi connectivity index (χ2n) is 5.99. The third kappa shape index (κ3) is 6.41. The van der Waals surface area contributed by atoms with E-state index in [1.807, 2.05) is 20.8 Å². The molecule has 0 saturated carbocycles. The van der Waals surface area contributed by atoms with Crippen LogP contribution in [0.2, 0.25) is 0 Å². The highest BCUT2D eigenvalue weighted by molar-refractivity contribution is 5.74. The molecule has 124 valence electrons. The Bertz CT molecular complexity index is 477. The van der Waals surface area contributed by atoms with Crippen LogP contribution in [0.4, 0.5) is 9.18 Å². The summed E-state index contributed by atoms with van der Waals surface area (Å²) in [6.45, 7) is 5.83. The number of amides is 2. The largest absolute Gasteiger partial charge is 0.387 e. The first-order valence-corrected chi connectivity index (χ1v) is 7.26. The van der Waals surface area contributed by atoms with E-state index in [0.717, 1.165) is 0 Å². The monoisotopic (exact) mass is 312 g/mol. The van der Waals surface area contributed by atoms with Gasteiger partial charge in [-0.05, 0) is 44.9 Å². The number of halogens is 1. The minimum Gasteiger partial charge on any atom is -0.387 e. The molecule has 0 bridgehead atoms. The molecule has 0 aliphatic rings. The van der Waals surface area contributed by atoms with Crippen LogP contribution >= 0.6 is 0 Å². The maximum Gasteiger partial charge on any atom is 0.315 e. The molecule has 0 aliphatic carbocycles. The molecule has 0 fully saturated rings. The summed E-state index contributed by atoms with van der Waals surface area (Å²) >= 11 is 0. The van der Waals surface area contributed by atoms with Gasteiger partial charge in [-0.15, -0.1) is 0 Å². The third-order valence-corrected chi connectivity index (χ3v) is 3.44. The fraction of sp³-hybridized carbons (Fsp3) is 0.562. The van der Waals surface area contributed by atoms with Gasteiger partial charge in [0.1, 0.15) is 5.82 Å². The first-order chi connectivity index (χ1) is 10.2. The highest BCUT2D eigenvalue weighted by Crippen LogP contribution is 2.15. The van der Waals surface area contributed by atoms with E-state index < -0.39 is 6.10 Å².